The number of rotatable bonds is 2. The van der Waals surface area contributed by atoms with Crippen LogP contribution in [0.15, 0.2) is 0 Å². The number of nitrogens with one attached hydrogen (secondary N) is 1. The Balaban J connectivity index is 1.83. The van der Waals surface area contributed by atoms with Gasteiger partial charge in [0.25, 0.3) is 0 Å². The van der Waals surface area contributed by atoms with Gasteiger partial charge in [0.1, 0.15) is 0 Å². The summed E-state index contributed by atoms with van der Waals surface area (Å²) in [5, 5.41) is 2.84. The highest BCUT2D eigenvalue weighted by Crippen LogP contribution is 2.45. The van der Waals surface area contributed by atoms with Crippen LogP contribution in [0.4, 0.5) is 0 Å². The van der Waals surface area contributed by atoms with Gasteiger partial charge in [-0.25, -0.2) is 0 Å². The van der Waals surface area contributed by atoms with E-state index in [1.807, 2.05) is 0 Å². The first kappa shape index (κ1) is 8.05. The minimum Gasteiger partial charge on any atom is -0.354 e. The van der Waals surface area contributed by atoms with Crippen molar-refractivity contribution < 1.29 is 4.79 Å². The van der Waals surface area contributed by atoms with E-state index >= 15 is 0 Å². The topological polar surface area (TPSA) is 32.3 Å². The van der Waals surface area contributed by atoms with Crippen LogP contribution in [0.1, 0.15) is 19.8 Å². The maximum atomic E-state index is 11.0. The van der Waals surface area contributed by atoms with Gasteiger partial charge in [-0.05, 0) is 18.3 Å². The molecule has 0 radical (unpaired) electrons. The molecule has 1 aliphatic heterocycles. The van der Waals surface area contributed by atoms with Crippen LogP contribution >= 0.6 is 0 Å². The van der Waals surface area contributed by atoms with Crippen LogP contribution in [0.25, 0.3) is 0 Å². The fraction of sp³-hybridized carbons (Fsp3) is 0.889. The molecule has 0 unspecified atom stereocenters. The molecule has 0 aromatic rings. The minimum absolute atomic E-state index is 0.186. The van der Waals surface area contributed by atoms with Gasteiger partial charge < -0.3 is 5.32 Å². The van der Waals surface area contributed by atoms with Gasteiger partial charge in [0, 0.05) is 19.6 Å². The van der Waals surface area contributed by atoms with Gasteiger partial charge >= 0.3 is 0 Å². The van der Waals surface area contributed by atoms with Crippen LogP contribution in [0.2, 0.25) is 0 Å². The van der Waals surface area contributed by atoms with Crippen molar-refractivity contribution in [3.8, 4) is 0 Å². The number of hydrogen-bond donors (Lipinski definition) is 1. The van der Waals surface area contributed by atoms with Crippen molar-refractivity contribution in [3.05, 3.63) is 0 Å². The fourth-order valence-corrected chi connectivity index (χ4v) is 1.74. The van der Waals surface area contributed by atoms with Crippen molar-refractivity contribution >= 4 is 5.91 Å². The molecule has 1 N–H and O–H groups in total. The Morgan fingerprint density at radius 3 is 2.92 bits per heavy atom. The maximum Gasteiger partial charge on any atom is 0.234 e. The molecule has 68 valence electrons. The molecular weight excluding hydrogens is 152 g/mol. The summed E-state index contributed by atoms with van der Waals surface area (Å²) in [5.74, 6) is 0.186. The Labute approximate surface area is 73.1 Å². The summed E-state index contributed by atoms with van der Waals surface area (Å²) >= 11 is 0. The van der Waals surface area contributed by atoms with E-state index in [0.29, 0.717) is 12.0 Å². The zero-order chi connectivity index (χ0) is 8.60. The molecule has 2 fully saturated rings. The Hall–Kier alpha value is -0.570. The lowest BCUT2D eigenvalue weighted by atomic mass is 10.1. The lowest BCUT2D eigenvalue weighted by molar-refractivity contribution is -0.124. The molecule has 1 saturated heterocycles. The zero-order valence-corrected chi connectivity index (χ0v) is 7.60. The molecule has 2 aliphatic rings. The van der Waals surface area contributed by atoms with Gasteiger partial charge in [-0.15, -0.1) is 0 Å². The number of carbonyl (C=O) groups is 1. The molecule has 12 heavy (non-hydrogen) atoms. The molecule has 3 nitrogen and oxygen atoms in total. The Bertz CT molecular complexity index is 199. The van der Waals surface area contributed by atoms with Crippen molar-refractivity contribution in [2.24, 2.45) is 5.41 Å². The van der Waals surface area contributed by atoms with Crippen LogP contribution in [0, 0.1) is 5.41 Å². The summed E-state index contributed by atoms with van der Waals surface area (Å²) in [4.78, 5) is 13.3. The lowest BCUT2D eigenvalue weighted by Gasteiger charge is -2.28. The summed E-state index contributed by atoms with van der Waals surface area (Å²) in [7, 11) is 0. The first-order valence-electron chi connectivity index (χ1n) is 4.67. The van der Waals surface area contributed by atoms with E-state index in [2.05, 4.69) is 17.1 Å². The molecule has 3 heteroatoms. The number of carbonyl (C=O) groups excluding carboxylic acids is 1. The summed E-state index contributed by atoms with van der Waals surface area (Å²) in [6.45, 7) is 5.88. The minimum atomic E-state index is 0.186. The molecule has 2 rings (SSSR count). The third kappa shape index (κ3) is 1.78. The molecule has 1 saturated carbocycles. The largest absolute Gasteiger partial charge is 0.354 e. The lowest BCUT2D eigenvalue weighted by Crippen LogP contribution is -2.49. The van der Waals surface area contributed by atoms with Crippen LogP contribution in [0.3, 0.4) is 0 Å². The molecular formula is C9H16N2O. The summed E-state index contributed by atoms with van der Waals surface area (Å²) in [5.41, 5.74) is 0.539. The monoisotopic (exact) mass is 168 g/mol. The average Bonchev–Trinajstić information content (AvgIpc) is 2.67. The molecule has 1 aliphatic carbocycles. The highest BCUT2D eigenvalue weighted by atomic mass is 16.2. The fourth-order valence-electron chi connectivity index (χ4n) is 1.74. The number of amides is 1. The van der Waals surface area contributed by atoms with Gasteiger partial charge in [0.05, 0.1) is 6.54 Å². The second kappa shape index (κ2) is 2.73. The molecule has 0 spiro atoms. The van der Waals surface area contributed by atoms with Crippen molar-refractivity contribution in [3.63, 3.8) is 0 Å². The van der Waals surface area contributed by atoms with Crippen molar-refractivity contribution in [1.82, 2.24) is 10.2 Å². The maximum absolute atomic E-state index is 11.0. The molecule has 1 heterocycles. The van der Waals surface area contributed by atoms with E-state index in [-0.39, 0.29) is 5.91 Å². The Kier molecular flexibility index (Phi) is 1.83. The van der Waals surface area contributed by atoms with Gasteiger partial charge in [-0.3, -0.25) is 9.69 Å². The van der Waals surface area contributed by atoms with Crippen LogP contribution in [-0.2, 0) is 4.79 Å². The van der Waals surface area contributed by atoms with Crippen LogP contribution in [-0.4, -0.2) is 37.0 Å². The summed E-state index contributed by atoms with van der Waals surface area (Å²) in [6, 6.07) is 0. The molecule has 0 aromatic heterocycles. The van der Waals surface area contributed by atoms with Crippen LogP contribution < -0.4 is 5.32 Å². The second-order valence-electron chi connectivity index (χ2n) is 4.37. The van der Waals surface area contributed by atoms with E-state index in [9.17, 15) is 4.79 Å². The normalized spacial score (nSPS) is 28.2. The average molecular weight is 168 g/mol. The van der Waals surface area contributed by atoms with Crippen molar-refractivity contribution in [2.75, 3.05) is 26.2 Å². The molecule has 0 bridgehead atoms. The molecule has 0 aromatic carbocycles. The van der Waals surface area contributed by atoms with E-state index in [4.69, 9.17) is 0 Å². The third-order valence-electron chi connectivity index (χ3n) is 2.83. The summed E-state index contributed by atoms with van der Waals surface area (Å²) in [6.07, 6.45) is 2.68. The first-order chi connectivity index (χ1) is 5.68. The van der Waals surface area contributed by atoms with Gasteiger partial charge in [0.2, 0.25) is 5.91 Å². The number of piperazine rings is 1. The van der Waals surface area contributed by atoms with E-state index in [0.717, 1.165) is 19.6 Å². The summed E-state index contributed by atoms with van der Waals surface area (Å²) < 4.78 is 0. The predicted molar refractivity (Wildman–Crippen MR) is 46.8 cm³/mol. The van der Waals surface area contributed by atoms with Crippen molar-refractivity contribution in [2.45, 2.75) is 19.8 Å². The standard InChI is InChI=1S/C9H16N2O/c1-9(2-3-9)7-11-5-4-10-8(12)6-11/h2-7H2,1H3,(H,10,12). The second-order valence-corrected chi connectivity index (χ2v) is 4.37. The predicted octanol–water partition coefficient (Wildman–Crippen LogP) is 0.218. The third-order valence-corrected chi connectivity index (χ3v) is 2.83. The molecule has 1 amide bonds. The van der Waals surface area contributed by atoms with Gasteiger partial charge in [-0.2, -0.15) is 0 Å². The number of nitrogens with zero attached hydrogens (tertiary/aromatic N) is 1. The Morgan fingerprint density at radius 1 is 1.58 bits per heavy atom. The highest BCUT2D eigenvalue weighted by molar-refractivity contribution is 5.78. The van der Waals surface area contributed by atoms with Crippen LogP contribution in [0.5, 0.6) is 0 Å². The van der Waals surface area contributed by atoms with Crippen molar-refractivity contribution in [1.29, 1.82) is 0 Å². The van der Waals surface area contributed by atoms with E-state index in [1.165, 1.54) is 12.8 Å². The Morgan fingerprint density at radius 2 is 2.33 bits per heavy atom. The van der Waals surface area contributed by atoms with Gasteiger partial charge in [-0.1, -0.05) is 6.92 Å². The number of hydrogen-bond acceptors (Lipinski definition) is 2. The smallest absolute Gasteiger partial charge is 0.234 e. The first-order valence-corrected chi connectivity index (χ1v) is 4.67. The SMILES string of the molecule is CC1(CN2CCNC(=O)C2)CC1. The van der Waals surface area contributed by atoms with E-state index in [1.54, 1.807) is 0 Å². The van der Waals surface area contributed by atoms with E-state index < -0.39 is 0 Å². The van der Waals surface area contributed by atoms with Gasteiger partial charge in [0.15, 0.2) is 0 Å². The zero-order valence-electron chi connectivity index (χ0n) is 7.60. The highest BCUT2D eigenvalue weighted by Gasteiger charge is 2.39. The quantitative estimate of drug-likeness (QED) is 0.639. The molecule has 0 atom stereocenters.